The predicted octanol–water partition coefficient (Wildman–Crippen LogP) is 8.73. The maximum absolute atomic E-state index is 9.32. The molecule has 4 aromatic carbocycles. The zero-order valence-electron chi connectivity index (χ0n) is 26.7. The first-order chi connectivity index (χ1) is 19.9. The summed E-state index contributed by atoms with van der Waals surface area (Å²) in [5.74, 6) is -0.972. The van der Waals surface area contributed by atoms with Gasteiger partial charge in [0.25, 0.3) is 0 Å². The zero-order valence-corrected chi connectivity index (χ0v) is 27.5. The van der Waals surface area contributed by atoms with Crippen molar-refractivity contribution < 1.29 is 40.0 Å². The Morgan fingerprint density at radius 1 is 0.829 bits per heavy atom. The largest absolute Gasteiger partial charge is 0.356 e. The summed E-state index contributed by atoms with van der Waals surface area (Å²) in [6.07, 6.45) is 4.10. The van der Waals surface area contributed by atoms with Gasteiger partial charge in [-0.05, 0) is 53.1 Å². The summed E-state index contributed by atoms with van der Waals surface area (Å²) in [4.78, 5) is 0. The Morgan fingerprint density at radius 2 is 1.51 bits per heavy atom. The molecule has 3 nitrogen and oxygen atoms in total. The van der Waals surface area contributed by atoms with E-state index in [4.69, 9.17) is 0 Å². The third kappa shape index (κ3) is 5.27. The van der Waals surface area contributed by atoms with Gasteiger partial charge in [0.2, 0.25) is 0 Å². The minimum Gasteiger partial charge on any atom is -0.296 e. The van der Waals surface area contributed by atoms with Crippen LogP contribution in [0.2, 0.25) is 0 Å². The Kier molecular flexibility index (Phi) is 7.74. The van der Waals surface area contributed by atoms with Crippen molar-refractivity contribution in [3.8, 4) is 34.0 Å². The van der Waals surface area contributed by atoms with E-state index in [9.17, 15) is 2.74 Å². The van der Waals surface area contributed by atoms with E-state index in [1.165, 1.54) is 0 Å². The molecule has 0 aliphatic rings. The summed E-state index contributed by atoms with van der Waals surface area (Å²) in [7, 11) is 2.05. The molecule has 0 amide bonds. The van der Waals surface area contributed by atoms with Crippen molar-refractivity contribution in [1.82, 2.24) is 9.13 Å². The van der Waals surface area contributed by atoms with Gasteiger partial charge in [-0.25, -0.2) is 9.13 Å². The van der Waals surface area contributed by atoms with E-state index in [1.54, 1.807) is 0 Å². The van der Waals surface area contributed by atoms with Gasteiger partial charge in [-0.1, -0.05) is 75.4 Å². The smallest absolute Gasteiger partial charge is 0.296 e. The van der Waals surface area contributed by atoms with Crippen LogP contribution in [0.3, 0.4) is 0 Å². The Balaban J connectivity index is 0.00000368. The third-order valence-corrected chi connectivity index (χ3v) is 7.61. The molecular formula is C37H36N3Y-. The van der Waals surface area contributed by atoms with Crippen LogP contribution >= 0.6 is 0 Å². The topological polar surface area (TPSA) is 13.7 Å². The molecule has 0 saturated heterocycles. The number of aryl methyl sites for hydroxylation is 2. The van der Waals surface area contributed by atoms with Gasteiger partial charge in [0, 0.05) is 41.0 Å². The van der Waals surface area contributed by atoms with Crippen molar-refractivity contribution in [1.29, 1.82) is 0 Å². The molecule has 41 heavy (non-hydrogen) atoms. The second-order valence-corrected chi connectivity index (χ2v) is 10.9. The quantitative estimate of drug-likeness (QED) is 0.132. The number of rotatable bonds is 6. The number of hydrogen-bond acceptors (Lipinski definition) is 0. The molecular weight excluding hydrogens is 575 g/mol. The van der Waals surface area contributed by atoms with Crippen LogP contribution in [0.4, 0.5) is 0 Å². The summed E-state index contributed by atoms with van der Waals surface area (Å²) in [6.45, 7) is 9.84. The molecule has 0 atom stereocenters. The molecule has 6 aromatic rings. The number of fused-ring (bicyclic) bond motifs is 1. The summed E-state index contributed by atoms with van der Waals surface area (Å²) >= 11 is 0. The Hall–Kier alpha value is -3.27. The van der Waals surface area contributed by atoms with Crippen LogP contribution in [0.15, 0.2) is 97.3 Å². The minimum atomic E-state index is -0.933. The fourth-order valence-corrected chi connectivity index (χ4v) is 5.64. The molecule has 0 aliphatic heterocycles. The molecule has 0 N–H and O–H groups in total. The molecule has 0 unspecified atom stereocenters. The molecule has 0 saturated carbocycles. The van der Waals surface area contributed by atoms with Crippen LogP contribution in [-0.2, 0) is 39.8 Å². The predicted molar refractivity (Wildman–Crippen MR) is 165 cm³/mol. The molecule has 2 aromatic heterocycles. The molecule has 0 spiro atoms. The van der Waals surface area contributed by atoms with Gasteiger partial charge in [-0.2, -0.15) is 35.9 Å². The second kappa shape index (κ2) is 11.9. The molecule has 0 aliphatic carbocycles. The molecule has 1 radical (unpaired) electrons. The van der Waals surface area contributed by atoms with Crippen molar-refractivity contribution in [3.05, 3.63) is 126 Å². The molecule has 203 valence electrons. The minimum absolute atomic E-state index is 0. The Morgan fingerprint density at radius 3 is 2.15 bits per heavy atom. The average Bonchev–Trinajstić information content (AvgIpc) is 3.53. The summed E-state index contributed by atoms with van der Waals surface area (Å²) in [5.41, 5.74) is 8.74. The standard InChI is InChI=1S/C37H36N3.Y/c1-25(2)32-22-31(28-15-9-7-10-16-28)23-33(26(3)4)36(32)39-21-20-38(6)37(39)40-34(29-17-11-8-12-18-29)24-30-19-13-14-27(5)35(30)40;/h7-17,19-23,25-26H,1-6H3;/q-1;/i25D,26D;. The van der Waals surface area contributed by atoms with Crippen molar-refractivity contribution in [2.45, 2.75) is 46.4 Å². The van der Waals surface area contributed by atoms with E-state index in [-0.39, 0.29) is 32.7 Å². The van der Waals surface area contributed by atoms with E-state index in [0.717, 1.165) is 61.6 Å². The number of benzene rings is 4. The van der Waals surface area contributed by atoms with Gasteiger partial charge in [-0.3, -0.25) is 4.57 Å². The van der Waals surface area contributed by atoms with Crippen molar-refractivity contribution in [2.24, 2.45) is 7.05 Å². The first-order valence-corrected chi connectivity index (χ1v) is 13.8. The average molecular weight is 614 g/mol. The molecule has 0 fully saturated rings. The number of imidazole rings is 1. The monoisotopic (exact) mass is 613 g/mol. The van der Waals surface area contributed by atoms with E-state index < -0.39 is 11.8 Å². The maximum Gasteiger partial charge on any atom is 0.356 e. The second-order valence-electron chi connectivity index (χ2n) is 10.9. The van der Waals surface area contributed by atoms with Crippen LogP contribution in [0, 0.1) is 19.1 Å². The summed E-state index contributed by atoms with van der Waals surface area (Å²) in [6, 6.07) is 35.9. The van der Waals surface area contributed by atoms with Gasteiger partial charge < -0.3 is 0 Å². The van der Waals surface area contributed by atoms with Crippen LogP contribution in [0.25, 0.3) is 44.9 Å². The van der Waals surface area contributed by atoms with E-state index in [1.807, 2.05) is 77.3 Å². The van der Waals surface area contributed by atoms with Crippen molar-refractivity contribution in [2.75, 3.05) is 0 Å². The SMILES string of the molecule is [2H]C(C)(C)c1cc(-c2ccccc2)cc(C([2H])(C)C)c1-n1cc[n+](C)c1-n1c(-c2[c-]cccc2)[c-]c2cccc(C)c21.[Y]. The summed E-state index contributed by atoms with van der Waals surface area (Å²) in [5, 5.41) is 1.02. The van der Waals surface area contributed by atoms with Crippen molar-refractivity contribution >= 4 is 10.9 Å². The first-order valence-electron chi connectivity index (χ1n) is 14.8. The van der Waals surface area contributed by atoms with Crippen LogP contribution in [0.5, 0.6) is 0 Å². The first kappa shape index (κ1) is 26.6. The van der Waals surface area contributed by atoms with Gasteiger partial charge in [0.15, 0.2) is 0 Å². The normalized spacial score (nSPS) is 12.6. The Labute approximate surface area is 272 Å². The third-order valence-electron chi connectivity index (χ3n) is 7.61. The zero-order chi connectivity index (χ0) is 29.8. The maximum atomic E-state index is 9.32. The number of para-hydroxylation sites is 1. The molecule has 4 heteroatoms. The van der Waals surface area contributed by atoms with Gasteiger partial charge >= 0.3 is 5.95 Å². The molecule has 2 heterocycles. The van der Waals surface area contributed by atoms with Crippen LogP contribution in [0.1, 0.15) is 58.9 Å². The van der Waals surface area contributed by atoms with Crippen molar-refractivity contribution in [3.63, 3.8) is 0 Å². The van der Waals surface area contributed by atoms with E-state index in [2.05, 4.69) is 87.5 Å². The van der Waals surface area contributed by atoms with E-state index >= 15 is 0 Å². The van der Waals surface area contributed by atoms with E-state index in [0.29, 0.717) is 0 Å². The van der Waals surface area contributed by atoms with Gasteiger partial charge in [0.05, 0.1) is 13.2 Å². The number of aromatic nitrogens is 3. The molecule has 0 bridgehead atoms. The number of nitrogens with zero attached hydrogens (tertiary/aromatic N) is 3. The van der Waals surface area contributed by atoms with Crippen LogP contribution in [-0.4, -0.2) is 9.13 Å². The van der Waals surface area contributed by atoms with Gasteiger partial charge in [0.1, 0.15) is 11.9 Å². The molecule has 6 rings (SSSR count). The van der Waals surface area contributed by atoms with Gasteiger partial charge in [-0.15, -0.1) is 23.6 Å². The Bertz CT molecular complexity index is 1870. The number of hydrogen-bond donors (Lipinski definition) is 0. The fourth-order valence-electron chi connectivity index (χ4n) is 5.64. The fraction of sp³-hybridized carbons (Fsp3) is 0.216. The van der Waals surface area contributed by atoms with Crippen LogP contribution < -0.4 is 4.57 Å². The summed E-state index contributed by atoms with van der Waals surface area (Å²) < 4.78 is 25.2.